The molecule has 0 saturated carbocycles. The van der Waals surface area contributed by atoms with Crippen LogP contribution in [0.3, 0.4) is 0 Å². The summed E-state index contributed by atoms with van der Waals surface area (Å²) in [5.41, 5.74) is 0.295. The maximum atomic E-state index is 6.28. The van der Waals surface area contributed by atoms with Crippen molar-refractivity contribution < 1.29 is 8.85 Å². The van der Waals surface area contributed by atoms with E-state index >= 15 is 0 Å². The molecule has 0 aromatic rings. The zero-order valence-electron chi connectivity index (χ0n) is 13.9. The normalized spacial score (nSPS) is 14.0. The molecular formula is C15H34O2Si. The van der Waals surface area contributed by atoms with Crippen molar-refractivity contribution >= 4 is 8.56 Å². The van der Waals surface area contributed by atoms with E-state index < -0.39 is 8.56 Å². The fraction of sp³-hybridized carbons (Fsp3) is 1.00. The van der Waals surface area contributed by atoms with E-state index in [1.807, 2.05) is 0 Å². The Labute approximate surface area is 116 Å². The Morgan fingerprint density at radius 1 is 0.778 bits per heavy atom. The third kappa shape index (κ3) is 4.36. The van der Waals surface area contributed by atoms with Crippen LogP contribution in [0.5, 0.6) is 0 Å². The lowest BCUT2D eigenvalue weighted by Crippen LogP contribution is -2.53. The predicted molar refractivity (Wildman–Crippen MR) is 82.2 cm³/mol. The van der Waals surface area contributed by atoms with Crippen LogP contribution in [0.15, 0.2) is 0 Å². The molecule has 0 aliphatic carbocycles. The Morgan fingerprint density at radius 2 is 1.22 bits per heavy atom. The van der Waals surface area contributed by atoms with Gasteiger partial charge in [0.15, 0.2) is 0 Å². The Kier molecular flexibility index (Phi) is 7.12. The van der Waals surface area contributed by atoms with E-state index in [-0.39, 0.29) is 5.04 Å². The zero-order chi connectivity index (χ0) is 14.4. The average Bonchev–Trinajstić information content (AvgIpc) is 2.29. The van der Waals surface area contributed by atoms with Crippen LogP contribution in [0.4, 0.5) is 0 Å². The summed E-state index contributed by atoms with van der Waals surface area (Å²) in [6, 6.07) is 1.08. The molecule has 0 unspecified atom stereocenters. The lowest BCUT2D eigenvalue weighted by molar-refractivity contribution is 0.141. The lowest BCUT2D eigenvalue weighted by Gasteiger charge is -2.46. The van der Waals surface area contributed by atoms with Crippen LogP contribution in [-0.4, -0.2) is 21.8 Å². The van der Waals surface area contributed by atoms with Crippen LogP contribution in [0.25, 0.3) is 0 Å². The van der Waals surface area contributed by atoms with E-state index in [0.29, 0.717) is 5.41 Å². The molecule has 0 spiro atoms. The van der Waals surface area contributed by atoms with Crippen LogP contribution < -0.4 is 0 Å². The standard InChI is InChI=1S/C15H34O2Si/c1-9-14(5,6)13-18(16-11-3,17-12-4)15(7,8)10-2/h9-13H2,1-8H3. The predicted octanol–water partition coefficient (Wildman–Crippen LogP) is 5.13. The van der Waals surface area contributed by atoms with Crippen LogP contribution in [0.2, 0.25) is 11.1 Å². The van der Waals surface area contributed by atoms with E-state index in [4.69, 9.17) is 8.85 Å². The van der Waals surface area contributed by atoms with Crippen molar-refractivity contribution in [2.45, 2.75) is 79.3 Å². The largest absolute Gasteiger partial charge is 0.394 e. The molecule has 2 nitrogen and oxygen atoms in total. The Bertz CT molecular complexity index is 231. The summed E-state index contributed by atoms with van der Waals surface area (Å²) in [6.07, 6.45) is 2.28. The minimum atomic E-state index is -2.18. The van der Waals surface area contributed by atoms with Gasteiger partial charge in [-0.25, -0.2) is 0 Å². The second kappa shape index (κ2) is 7.06. The minimum absolute atomic E-state index is 0.158. The summed E-state index contributed by atoms with van der Waals surface area (Å²) in [6.45, 7) is 19.5. The molecule has 18 heavy (non-hydrogen) atoms. The third-order valence-corrected chi connectivity index (χ3v) is 9.69. The van der Waals surface area contributed by atoms with Gasteiger partial charge in [0.05, 0.1) is 0 Å². The number of hydrogen-bond acceptors (Lipinski definition) is 2. The molecule has 0 aromatic carbocycles. The Hall–Kier alpha value is 0.137. The second-order valence-corrected chi connectivity index (χ2v) is 10.3. The van der Waals surface area contributed by atoms with Crippen LogP contribution in [0, 0.1) is 5.41 Å². The van der Waals surface area contributed by atoms with Gasteiger partial charge in [0.1, 0.15) is 0 Å². The van der Waals surface area contributed by atoms with E-state index in [9.17, 15) is 0 Å². The second-order valence-electron chi connectivity index (χ2n) is 6.55. The van der Waals surface area contributed by atoms with E-state index in [0.717, 1.165) is 25.7 Å². The fourth-order valence-corrected chi connectivity index (χ4v) is 6.79. The average molecular weight is 275 g/mol. The quantitative estimate of drug-likeness (QED) is 0.543. The maximum absolute atomic E-state index is 6.28. The van der Waals surface area contributed by atoms with Crippen molar-refractivity contribution in [3.63, 3.8) is 0 Å². The van der Waals surface area contributed by atoms with Crippen LogP contribution in [0.1, 0.15) is 68.2 Å². The Balaban J connectivity index is 5.34. The first kappa shape index (κ1) is 18.1. The molecule has 0 heterocycles. The Morgan fingerprint density at radius 3 is 1.50 bits per heavy atom. The first-order valence-corrected chi connectivity index (χ1v) is 9.50. The van der Waals surface area contributed by atoms with Crippen molar-refractivity contribution in [1.82, 2.24) is 0 Å². The van der Waals surface area contributed by atoms with Gasteiger partial charge in [-0.05, 0) is 31.7 Å². The molecule has 0 radical (unpaired) electrons. The van der Waals surface area contributed by atoms with Crippen molar-refractivity contribution in [3.05, 3.63) is 0 Å². The number of hydrogen-bond donors (Lipinski definition) is 0. The zero-order valence-corrected chi connectivity index (χ0v) is 14.9. The van der Waals surface area contributed by atoms with Crippen molar-refractivity contribution in [3.8, 4) is 0 Å². The monoisotopic (exact) mass is 274 g/mol. The van der Waals surface area contributed by atoms with Crippen molar-refractivity contribution in [1.29, 1.82) is 0 Å². The molecule has 0 N–H and O–H groups in total. The molecule has 0 rings (SSSR count). The molecule has 0 amide bonds. The van der Waals surface area contributed by atoms with Gasteiger partial charge in [-0.15, -0.1) is 0 Å². The van der Waals surface area contributed by atoms with Crippen LogP contribution in [-0.2, 0) is 8.85 Å². The summed E-state index contributed by atoms with van der Waals surface area (Å²) >= 11 is 0. The molecule has 3 heteroatoms. The topological polar surface area (TPSA) is 18.5 Å². The first-order valence-electron chi connectivity index (χ1n) is 7.48. The molecule has 0 bridgehead atoms. The lowest BCUT2D eigenvalue weighted by atomic mass is 9.93. The minimum Gasteiger partial charge on any atom is -0.394 e. The highest BCUT2D eigenvalue weighted by atomic mass is 28.4. The van der Waals surface area contributed by atoms with Crippen molar-refractivity contribution in [2.24, 2.45) is 5.41 Å². The van der Waals surface area contributed by atoms with Crippen LogP contribution >= 0.6 is 0 Å². The molecule has 0 saturated heterocycles. The fourth-order valence-electron chi connectivity index (χ4n) is 2.26. The molecule has 110 valence electrons. The van der Waals surface area contributed by atoms with Gasteiger partial charge >= 0.3 is 8.56 Å². The van der Waals surface area contributed by atoms with E-state index in [1.54, 1.807) is 0 Å². The van der Waals surface area contributed by atoms with Gasteiger partial charge in [-0.3, -0.25) is 0 Å². The number of rotatable bonds is 9. The van der Waals surface area contributed by atoms with Gasteiger partial charge in [-0.2, -0.15) is 0 Å². The molecule has 0 fully saturated rings. The summed E-state index contributed by atoms with van der Waals surface area (Å²) < 4.78 is 12.6. The van der Waals surface area contributed by atoms with Crippen molar-refractivity contribution in [2.75, 3.05) is 13.2 Å². The highest BCUT2D eigenvalue weighted by Gasteiger charge is 2.53. The molecule has 0 aromatic heterocycles. The van der Waals surface area contributed by atoms with E-state index in [1.165, 1.54) is 6.42 Å². The molecule has 0 atom stereocenters. The van der Waals surface area contributed by atoms with Gasteiger partial charge < -0.3 is 8.85 Å². The van der Waals surface area contributed by atoms with Gasteiger partial charge in [0.2, 0.25) is 0 Å². The smallest absolute Gasteiger partial charge is 0.344 e. The SMILES string of the molecule is CCO[Si](CC(C)(C)CC)(OCC)C(C)(C)CC. The molecule has 0 aliphatic heterocycles. The van der Waals surface area contributed by atoms with E-state index in [2.05, 4.69) is 55.4 Å². The highest BCUT2D eigenvalue weighted by Crippen LogP contribution is 2.48. The van der Waals surface area contributed by atoms with Gasteiger partial charge in [0.25, 0.3) is 0 Å². The van der Waals surface area contributed by atoms with Gasteiger partial charge in [0, 0.05) is 18.3 Å². The third-order valence-electron chi connectivity index (χ3n) is 4.34. The molecule has 0 aliphatic rings. The summed E-state index contributed by atoms with van der Waals surface area (Å²) in [5.74, 6) is 0. The van der Waals surface area contributed by atoms with Gasteiger partial charge in [-0.1, -0.05) is 48.0 Å². The summed E-state index contributed by atoms with van der Waals surface area (Å²) in [5, 5.41) is 0.158. The summed E-state index contributed by atoms with van der Waals surface area (Å²) in [4.78, 5) is 0. The highest BCUT2D eigenvalue weighted by molar-refractivity contribution is 6.70. The first-order chi connectivity index (χ1) is 8.20. The maximum Gasteiger partial charge on any atom is 0.344 e. The summed E-state index contributed by atoms with van der Waals surface area (Å²) in [7, 11) is -2.18. The molecular weight excluding hydrogens is 240 g/mol.